The number of allylic oxidation sites excluding steroid dienone is 2. The van der Waals surface area contributed by atoms with E-state index in [2.05, 4.69) is 15.7 Å². The Morgan fingerprint density at radius 3 is 2.68 bits per heavy atom. The lowest BCUT2D eigenvalue weighted by atomic mass is 10.1. The van der Waals surface area contributed by atoms with Crippen LogP contribution in [-0.4, -0.2) is 32.2 Å². The summed E-state index contributed by atoms with van der Waals surface area (Å²) in [6, 6.07) is 4.74. The second-order valence-corrected chi connectivity index (χ2v) is 6.76. The van der Waals surface area contributed by atoms with Gasteiger partial charge in [0.05, 0.1) is 30.5 Å². The average molecular weight is 464 g/mol. The molecule has 0 bridgehead atoms. The van der Waals surface area contributed by atoms with Crippen LogP contribution in [0.15, 0.2) is 64.2 Å². The highest BCUT2D eigenvalue weighted by molar-refractivity contribution is 6.38. The van der Waals surface area contributed by atoms with Gasteiger partial charge in [0.2, 0.25) is 5.76 Å². The molecule has 1 aliphatic carbocycles. The van der Waals surface area contributed by atoms with Crippen LogP contribution in [0.25, 0.3) is 0 Å². The first kappa shape index (κ1) is 22.2. The molecule has 1 atom stereocenters. The largest absolute Gasteiger partial charge is 0.500 e. The van der Waals surface area contributed by atoms with Gasteiger partial charge >= 0.3 is 5.97 Å². The molecular weight excluding hydrogens is 450 g/mol. The topological polar surface area (TPSA) is 60.4 Å². The van der Waals surface area contributed by atoms with Crippen LogP contribution < -0.4 is 4.53 Å². The molecule has 0 aromatic heterocycles. The van der Waals surface area contributed by atoms with Gasteiger partial charge in [-0.3, -0.25) is 0 Å². The van der Waals surface area contributed by atoms with Crippen molar-refractivity contribution >= 4 is 64.1 Å². The molecule has 28 heavy (non-hydrogen) atoms. The molecule has 0 saturated heterocycles. The molecule has 1 aliphatic rings. The van der Waals surface area contributed by atoms with Gasteiger partial charge in [0.15, 0.2) is 6.10 Å². The lowest BCUT2D eigenvalue weighted by Crippen LogP contribution is -2.19. The summed E-state index contributed by atoms with van der Waals surface area (Å²) in [5.74, 6) is 1.88. The van der Waals surface area contributed by atoms with E-state index in [0.717, 1.165) is 10.8 Å². The van der Waals surface area contributed by atoms with Gasteiger partial charge in [-0.2, -0.15) is 4.53 Å². The van der Waals surface area contributed by atoms with Gasteiger partial charge in [-0.05, 0) is 36.4 Å². The Morgan fingerprint density at radius 1 is 1.29 bits per heavy atom. The number of carbonyl (C=O) groups is 1. The second kappa shape index (κ2) is 10.5. The van der Waals surface area contributed by atoms with Crippen molar-refractivity contribution in [2.75, 3.05) is 18.7 Å². The normalized spacial score (nSPS) is 16.1. The van der Waals surface area contributed by atoms with E-state index in [0.29, 0.717) is 26.3 Å². The molecule has 0 heterocycles. The van der Waals surface area contributed by atoms with Gasteiger partial charge < -0.3 is 14.2 Å². The van der Waals surface area contributed by atoms with Gasteiger partial charge in [-0.1, -0.05) is 34.8 Å². The van der Waals surface area contributed by atoms with Gasteiger partial charge in [-0.25, -0.2) is 4.79 Å². The molecule has 0 radical (unpaired) electrons. The fourth-order valence-electron chi connectivity index (χ4n) is 2.02. The summed E-state index contributed by atoms with van der Waals surface area (Å²) in [6.45, 7) is 0. The number of benzene rings is 1. The molecule has 0 spiro atoms. The predicted octanol–water partition coefficient (Wildman–Crippen LogP) is 5.20. The first-order chi connectivity index (χ1) is 13.3. The molecule has 1 aromatic carbocycles. The van der Waals surface area contributed by atoms with E-state index in [-0.39, 0.29) is 5.76 Å². The molecule has 0 aliphatic heterocycles. The van der Waals surface area contributed by atoms with Crippen LogP contribution >= 0.6 is 46.6 Å². The van der Waals surface area contributed by atoms with E-state index in [1.165, 1.54) is 20.3 Å². The number of esters is 1. The maximum Gasteiger partial charge on any atom is 0.376 e. The minimum atomic E-state index is -0.738. The minimum absolute atomic E-state index is 0.145. The Bertz CT molecular complexity index is 905. The Labute approximate surface area is 181 Å². The van der Waals surface area contributed by atoms with Crippen molar-refractivity contribution in [2.24, 2.45) is 5.10 Å². The maximum absolute atomic E-state index is 11.8. The fraction of sp³-hybridized carbons (Fsp3) is 0.167. The zero-order valence-electron chi connectivity index (χ0n) is 14.7. The van der Waals surface area contributed by atoms with Gasteiger partial charge in [0.1, 0.15) is 6.26 Å². The highest BCUT2D eigenvalue weighted by atomic mass is 35.5. The summed E-state index contributed by atoms with van der Waals surface area (Å²) in [4.78, 5) is 11.8. The average Bonchev–Trinajstić information content (AvgIpc) is 2.66. The Kier molecular flexibility index (Phi) is 8.30. The van der Waals surface area contributed by atoms with E-state index in [4.69, 9.17) is 56.1 Å². The van der Waals surface area contributed by atoms with Crippen LogP contribution in [0.5, 0.6) is 0 Å². The van der Waals surface area contributed by atoms with Crippen molar-refractivity contribution < 1.29 is 19.0 Å². The number of halogens is 4. The number of hydrogen-bond acceptors (Lipinski definition) is 6. The molecule has 0 amide bonds. The third-order valence-electron chi connectivity index (χ3n) is 3.27. The lowest BCUT2D eigenvalue weighted by Gasteiger charge is -2.19. The third kappa shape index (κ3) is 5.96. The van der Waals surface area contributed by atoms with Gasteiger partial charge in [0, 0.05) is 27.7 Å². The summed E-state index contributed by atoms with van der Waals surface area (Å²) in [5.41, 5.74) is 0.795. The molecule has 1 aromatic rings. The highest BCUT2D eigenvalue weighted by Gasteiger charge is 2.22. The quantitative estimate of drug-likeness (QED) is 0.145. The van der Waals surface area contributed by atoms with E-state index in [1.807, 2.05) is 0 Å². The highest BCUT2D eigenvalue weighted by Crippen LogP contribution is 2.30. The third-order valence-corrected chi connectivity index (χ3v) is 4.30. The number of hydrazone groups is 1. The van der Waals surface area contributed by atoms with Crippen molar-refractivity contribution in [1.29, 1.82) is 0 Å². The zero-order chi connectivity index (χ0) is 20.7. The number of nitrogens with zero attached hydrogens (tertiary/aromatic N) is 2. The summed E-state index contributed by atoms with van der Waals surface area (Å²) < 4.78 is 16.1. The number of hydrogen-bond donors (Lipinski definition) is 0. The van der Waals surface area contributed by atoms with Crippen molar-refractivity contribution in [1.82, 2.24) is 0 Å². The maximum atomic E-state index is 11.8. The smallest absolute Gasteiger partial charge is 0.376 e. The summed E-state index contributed by atoms with van der Waals surface area (Å²) in [5, 5.41) is 5.19. The van der Waals surface area contributed by atoms with Crippen molar-refractivity contribution in [3.63, 3.8) is 0 Å². The Balaban J connectivity index is 2.33. The number of methoxy groups -OCH3 is 2. The second-order valence-electron chi connectivity index (χ2n) is 5.16. The van der Waals surface area contributed by atoms with Crippen LogP contribution in [0.4, 0.5) is 5.69 Å². The summed E-state index contributed by atoms with van der Waals surface area (Å²) >= 11 is 24.2. The number of rotatable bonds is 6. The van der Waals surface area contributed by atoms with Crippen LogP contribution in [0.3, 0.4) is 0 Å². The fourth-order valence-corrected chi connectivity index (χ4v) is 2.92. The first-order valence-electron chi connectivity index (χ1n) is 7.63. The molecule has 0 fully saturated rings. The van der Waals surface area contributed by atoms with Crippen molar-refractivity contribution in [2.45, 2.75) is 6.10 Å². The standard InChI is InChI=1S/C18H14Cl4N2O4/c1-26-10-17(18(25)27-2)28-16-6-4-12(19)7-11(16)9-23-24(22)15-5-3-13(20)8-14(15)21/h3-8,10,16H,1-2H3. The summed E-state index contributed by atoms with van der Waals surface area (Å²) in [6.07, 6.45) is 5.16. The van der Waals surface area contributed by atoms with Crippen LogP contribution in [0.1, 0.15) is 0 Å². The predicted molar refractivity (Wildman–Crippen MR) is 111 cm³/mol. The number of carbonyl (C=O) groups excluding carboxylic acids is 1. The van der Waals surface area contributed by atoms with E-state index in [1.54, 1.807) is 30.4 Å². The van der Waals surface area contributed by atoms with Crippen molar-refractivity contribution in [3.05, 3.63) is 69.1 Å². The Morgan fingerprint density at radius 2 is 2.04 bits per heavy atom. The molecular formula is C18H14Cl4N2O4. The van der Waals surface area contributed by atoms with E-state index in [9.17, 15) is 4.79 Å². The van der Waals surface area contributed by atoms with Gasteiger partial charge in [-0.15, -0.1) is 5.10 Å². The van der Waals surface area contributed by atoms with Crippen LogP contribution in [0.2, 0.25) is 10.0 Å². The number of ether oxygens (including phenoxy) is 3. The van der Waals surface area contributed by atoms with Crippen molar-refractivity contribution in [3.8, 4) is 0 Å². The van der Waals surface area contributed by atoms with E-state index >= 15 is 0 Å². The molecule has 0 saturated carbocycles. The monoisotopic (exact) mass is 462 g/mol. The lowest BCUT2D eigenvalue weighted by molar-refractivity contribution is -0.140. The summed E-state index contributed by atoms with van der Waals surface area (Å²) in [7, 11) is 2.60. The first-order valence-corrected chi connectivity index (χ1v) is 9.10. The molecule has 6 nitrogen and oxygen atoms in total. The molecule has 10 heteroatoms. The van der Waals surface area contributed by atoms with Crippen LogP contribution in [-0.2, 0) is 19.0 Å². The molecule has 148 valence electrons. The number of anilines is 1. The zero-order valence-corrected chi connectivity index (χ0v) is 17.7. The molecule has 0 N–H and O–H groups in total. The molecule has 2 rings (SSSR count). The van der Waals surface area contributed by atoms with Crippen LogP contribution in [0, 0.1) is 0 Å². The Hall–Kier alpha value is -2.08. The molecule has 1 unspecified atom stereocenters. The minimum Gasteiger partial charge on any atom is -0.500 e. The SMILES string of the molecule is COC=C(OC1C=CC(Cl)=CC1=C=NN(Cl)c1ccc(Cl)cc1Cl)C(=O)OC. The van der Waals surface area contributed by atoms with E-state index < -0.39 is 12.1 Å². The van der Waals surface area contributed by atoms with Gasteiger partial charge in [0.25, 0.3) is 0 Å².